The molecule has 0 aromatic heterocycles. The van der Waals surface area contributed by atoms with E-state index in [0.29, 0.717) is 6.54 Å². The van der Waals surface area contributed by atoms with E-state index in [0.717, 1.165) is 37.7 Å². The zero-order chi connectivity index (χ0) is 21.0. The number of carbonyl (C=O) groups is 1. The van der Waals surface area contributed by atoms with Crippen molar-refractivity contribution in [3.8, 4) is 0 Å². The highest BCUT2D eigenvalue weighted by atomic mass is 16.6. The summed E-state index contributed by atoms with van der Waals surface area (Å²) < 4.78 is 5.34. The number of amides is 1. The number of hydrogen-bond acceptors (Lipinski definition) is 4. The first kappa shape index (κ1) is 24.5. The summed E-state index contributed by atoms with van der Waals surface area (Å²) in [5, 5.41) is 9.78. The summed E-state index contributed by atoms with van der Waals surface area (Å²) in [5.74, 6) is 1.60. The molecule has 3 N–H and O–H groups in total. The molecular formula is C21H43N5O2. The summed E-state index contributed by atoms with van der Waals surface area (Å²) in [6, 6.07) is 0.127. The highest BCUT2D eigenvalue weighted by Crippen LogP contribution is 2.18. The maximum Gasteiger partial charge on any atom is 0.407 e. The molecular weight excluding hydrogens is 354 g/mol. The van der Waals surface area contributed by atoms with Crippen LogP contribution in [-0.2, 0) is 4.74 Å². The number of nitrogens with one attached hydrogen (secondary N) is 3. The number of likely N-dealkylation sites (tertiary alicyclic amines) is 1. The minimum absolute atomic E-state index is 0.127. The van der Waals surface area contributed by atoms with Gasteiger partial charge >= 0.3 is 6.09 Å². The molecule has 1 rings (SSSR count). The number of nitrogens with zero attached hydrogens (tertiary/aromatic N) is 2. The molecule has 0 saturated carbocycles. The Kier molecular flexibility index (Phi) is 11.3. The van der Waals surface area contributed by atoms with E-state index in [1.807, 2.05) is 20.8 Å². The van der Waals surface area contributed by atoms with E-state index in [2.05, 4.69) is 39.8 Å². The van der Waals surface area contributed by atoms with E-state index < -0.39 is 5.60 Å². The number of guanidine groups is 1. The summed E-state index contributed by atoms with van der Waals surface area (Å²) in [6.07, 6.45) is 6.55. The largest absolute Gasteiger partial charge is 0.444 e. The molecule has 1 fully saturated rings. The third-order valence-corrected chi connectivity index (χ3v) is 5.05. The zero-order valence-corrected chi connectivity index (χ0v) is 18.9. The molecule has 0 aliphatic carbocycles. The first-order valence-electron chi connectivity index (χ1n) is 10.9. The minimum Gasteiger partial charge on any atom is -0.444 e. The van der Waals surface area contributed by atoms with E-state index in [1.54, 1.807) is 7.05 Å². The van der Waals surface area contributed by atoms with Crippen LogP contribution in [0.1, 0.15) is 66.2 Å². The summed E-state index contributed by atoms with van der Waals surface area (Å²) >= 11 is 0. The van der Waals surface area contributed by atoms with Gasteiger partial charge in [0.05, 0.1) is 0 Å². The molecule has 0 spiro atoms. The molecule has 0 bridgehead atoms. The fourth-order valence-corrected chi connectivity index (χ4v) is 3.33. The Hall–Kier alpha value is -1.50. The number of rotatable bonds is 9. The van der Waals surface area contributed by atoms with Gasteiger partial charge in [-0.25, -0.2) is 4.79 Å². The predicted molar refractivity (Wildman–Crippen MR) is 117 cm³/mol. The molecule has 1 atom stereocenters. The molecule has 0 aromatic carbocycles. The Bertz CT molecular complexity index is 468. The lowest BCUT2D eigenvalue weighted by Crippen LogP contribution is -2.49. The highest BCUT2D eigenvalue weighted by Gasteiger charge is 2.19. The number of alkyl carbamates (subject to hydrolysis) is 1. The van der Waals surface area contributed by atoms with Gasteiger partial charge in [0.2, 0.25) is 0 Å². The standard InChI is InChI=1S/C21H43N5O2/c1-7-8-9-18(16-24-20(27)28-21(2,3)4)25-19(22-5)23-13-10-17-11-14-26(6)15-12-17/h17-18H,7-16H2,1-6H3,(H,24,27)(H2,22,23,25). The van der Waals surface area contributed by atoms with Gasteiger partial charge < -0.3 is 25.6 Å². The van der Waals surface area contributed by atoms with Crippen molar-refractivity contribution in [1.29, 1.82) is 0 Å². The first-order valence-corrected chi connectivity index (χ1v) is 10.9. The quantitative estimate of drug-likeness (QED) is 0.412. The number of hydrogen-bond donors (Lipinski definition) is 3. The smallest absolute Gasteiger partial charge is 0.407 e. The van der Waals surface area contributed by atoms with Gasteiger partial charge in [-0.05, 0) is 72.5 Å². The van der Waals surface area contributed by atoms with Crippen molar-refractivity contribution in [1.82, 2.24) is 20.9 Å². The Morgan fingerprint density at radius 3 is 2.50 bits per heavy atom. The zero-order valence-electron chi connectivity index (χ0n) is 18.9. The number of carbonyl (C=O) groups excluding carboxylic acids is 1. The fourth-order valence-electron chi connectivity index (χ4n) is 3.33. The second-order valence-corrected chi connectivity index (χ2v) is 8.90. The Morgan fingerprint density at radius 2 is 1.93 bits per heavy atom. The van der Waals surface area contributed by atoms with Crippen molar-refractivity contribution >= 4 is 12.1 Å². The monoisotopic (exact) mass is 397 g/mol. The molecule has 7 nitrogen and oxygen atoms in total. The van der Waals surface area contributed by atoms with Crippen LogP contribution in [0.5, 0.6) is 0 Å². The van der Waals surface area contributed by atoms with Gasteiger partial charge in [0.25, 0.3) is 0 Å². The van der Waals surface area contributed by atoms with Gasteiger partial charge in [-0.15, -0.1) is 0 Å². The van der Waals surface area contributed by atoms with Crippen molar-refractivity contribution in [2.75, 3.05) is 40.3 Å². The number of piperidine rings is 1. The third kappa shape index (κ3) is 11.4. The lowest BCUT2D eigenvalue weighted by Gasteiger charge is -2.29. The van der Waals surface area contributed by atoms with Gasteiger partial charge in [-0.2, -0.15) is 0 Å². The van der Waals surface area contributed by atoms with Crippen molar-refractivity contribution in [2.45, 2.75) is 77.9 Å². The molecule has 0 aromatic rings. The Labute approximate surface area is 172 Å². The first-order chi connectivity index (χ1) is 13.2. The Morgan fingerprint density at radius 1 is 1.25 bits per heavy atom. The summed E-state index contributed by atoms with van der Waals surface area (Å²) in [5.41, 5.74) is -0.484. The average Bonchev–Trinajstić information content (AvgIpc) is 2.62. The SMILES string of the molecule is CCCCC(CNC(=O)OC(C)(C)C)NC(=NC)NCCC1CCN(C)CC1. The number of unbranched alkanes of at least 4 members (excludes halogenated alkanes) is 1. The molecule has 1 heterocycles. The molecule has 164 valence electrons. The number of ether oxygens (including phenoxy) is 1. The lowest BCUT2D eigenvalue weighted by molar-refractivity contribution is 0.0523. The molecule has 1 aliphatic heterocycles. The summed E-state index contributed by atoms with van der Waals surface area (Å²) in [7, 11) is 3.99. The van der Waals surface area contributed by atoms with Crippen LogP contribution < -0.4 is 16.0 Å². The van der Waals surface area contributed by atoms with Crippen LogP contribution in [0.3, 0.4) is 0 Å². The molecule has 7 heteroatoms. The molecule has 1 saturated heterocycles. The van der Waals surface area contributed by atoms with E-state index in [1.165, 1.54) is 32.4 Å². The van der Waals surface area contributed by atoms with Crippen LogP contribution in [0.25, 0.3) is 0 Å². The highest BCUT2D eigenvalue weighted by molar-refractivity contribution is 5.80. The van der Waals surface area contributed by atoms with Crippen LogP contribution in [0, 0.1) is 5.92 Å². The van der Waals surface area contributed by atoms with Crippen LogP contribution in [-0.4, -0.2) is 68.9 Å². The van der Waals surface area contributed by atoms with Gasteiger partial charge in [0.1, 0.15) is 5.60 Å². The number of aliphatic imine (C=N–C) groups is 1. The average molecular weight is 398 g/mol. The van der Waals surface area contributed by atoms with Crippen molar-refractivity contribution in [3.63, 3.8) is 0 Å². The van der Waals surface area contributed by atoms with E-state index in [4.69, 9.17) is 4.74 Å². The topological polar surface area (TPSA) is 78.0 Å². The predicted octanol–water partition coefficient (Wildman–Crippen LogP) is 2.97. The van der Waals surface area contributed by atoms with Gasteiger partial charge in [0.15, 0.2) is 5.96 Å². The lowest BCUT2D eigenvalue weighted by atomic mass is 9.94. The minimum atomic E-state index is -0.484. The molecule has 28 heavy (non-hydrogen) atoms. The molecule has 0 radical (unpaired) electrons. The van der Waals surface area contributed by atoms with E-state index >= 15 is 0 Å². The normalized spacial score (nSPS) is 17.9. The summed E-state index contributed by atoms with van der Waals surface area (Å²) in [4.78, 5) is 18.7. The molecule has 1 amide bonds. The van der Waals surface area contributed by atoms with Crippen LogP contribution in [0.4, 0.5) is 4.79 Å². The van der Waals surface area contributed by atoms with Gasteiger partial charge in [-0.1, -0.05) is 19.8 Å². The van der Waals surface area contributed by atoms with Crippen molar-refractivity contribution in [2.24, 2.45) is 10.9 Å². The third-order valence-electron chi connectivity index (χ3n) is 5.05. The maximum absolute atomic E-state index is 12.0. The van der Waals surface area contributed by atoms with Gasteiger partial charge in [-0.3, -0.25) is 4.99 Å². The second kappa shape index (κ2) is 12.9. The van der Waals surface area contributed by atoms with Crippen molar-refractivity contribution < 1.29 is 9.53 Å². The van der Waals surface area contributed by atoms with E-state index in [9.17, 15) is 4.79 Å². The van der Waals surface area contributed by atoms with Crippen LogP contribution in [0.2, 0.25) is 0 Å². The maximum atomic E-state index is 12.0. The molecule has 1 unspecified atom stereocenters. The second-order valence-electron chi connectivity index (χ2n) is 8.90. The van der Waals surface area contributed by atoms with Crippen LogP contribution in [0.15, 0.2) is 4.99 Å². The van der Waals surface area contributed by atoms with Crippen molar-refractivity contribution in [3.05, 3.63) is 0 Å². The fraction of sp³-hybridized carbons (Fsp3) is 0.905. The summed E-state index contributed by atoms with van der Waals surface area (Å²) in [6.45, 7) is 11.6. The van der Waals surface area contributed by atoms with Gasteiger partial charge in [0, 0.05) is 26.2 Å². The molecule has 1 aliphatic rings. The van der Waals surface area contributed by atoms with Crippen LogP contribution >= 0.6 is 0 Å². The van der Waals surface area contributed by atoms with E-state index in [-0.39, 0.29) is 12.1 Å². The Balaban J connectivity index is 2.40.